The summed E-state index contributed by atoms with van der Waals surface area (Å²) in [5.41, 5.74) is 0. The standard InChI is InChI=1S/C13H20BrNO2S2/c1-2-7-15-12(13-10(14)6-8-18-13)11-5-3-4-9-19(11,16)17/h6,8,11-12,15H,2-5,7,9H2,1H3. The molecule has 2 rings (SSSR count). The van der Waals surface area contributed by atoms with Crippen LogP contribution in [0.4, 0.5) is 0 Å². The monoisotopic (exact) mass is 365 g/mol. The molecule has 1 aromatic rings. The average molecular weight is 366 g/mol. The molecule has 0 spiro atoms. The van der Waals surface area contributed by atoms with Crippen molar-refractivity contribution < 1.29 is 8.42 Å². The maximum absolute atomic E-state index is 12.3. The van der Waals surface area contributed by atoms with Crippen LogP contribution in [0, 0.1) is 0 Å². The van der Waals surface area contributed by atoms with Gasteiger partial charge in [-0.25, -0.2) is 8.42 Å². The molecule has 3 nitrogen and oxygen atoms in total. The van der Waals surface area contributed by atoms with E-state index in [4.69, 9.17) is 0 Å². The van der Waals surface area contributed by atoms with Gasteiger partial charge >= 0.3 is 0 Å². The molecular formula is C13H20BrNO2S2. The lowest BCUT2D eigenvalue weighted by Crippen LogP contribution is -2.40. The average Bonchev–Trinajstić information content (AvgIpc) is 2.78. The molecule has 1 aliphatic heterocycles. The number of hydrogen-bond acceptors (Lipinski definition) is 4. The number of sulfone groups is 1. The van der Waals surface area contributed by atoms with Gasteiger partial charge in [-0.15, -0.1) is 11.3 Å². The Kier molecular flexibility index (Phi) is 5.45. The lowest BCUT2D eigenvalue weighted by atomic mass is 10.1. The summed E-state index contributed by atoms with van der Waals surface area (Å²) in [5.74, 6) is 0.338. The zero-order valence-corrected chi connectivity index (χ0v) is 14.3. The van der Waals surface area contributed by atoms with Gasteiger partial charge in [-0.2, -0.15) is 0 Å². The van der Waals surface area contributed by atoms with E-state index in [1.165, 1.54) is 0 Å². The third-order valence-electron chi connectivity index (χ3n) is 3.54. The van der Waals surface area contributed by atoms with Crippen LogP contribution in [0.3, 0.4) is 0 Å². The van der Waals surface area contributed by atoms with Crippen LogP contribution in [-0.4, -0.2) is 26.0 Å². The smallest absolute Gasteiger partial charge is 0.155 e. The maximum atomic E-state index is 12.3. The molecule has 0 radical (unpaired) electrons. The fraction of sp³-hybridized carbons (Fsp3) is 0.692. The molecular weight excluding hydrogens is 346 g/mol. The van der Waals surface area contributed by atoms with E-state index in [1.54, 1.807) is 11.3 Å². The van der Waals surface area contributed by atoms with E-state index in [-0.39, 0.29) is 11.3 Å². The van der Waals surface area contributed by atoms with Crippen molar-refractivity contribution in [2.75, 3.05) is 12.3 Å². The summed E-state index contributed by atoms with van der Waals surface area (Å²) in [6, 6.07) is 1.93. The van der Waals surface area contributed by atoms with Crippen molar-refractivity contribution in [1.29, 1.82) is 0 Å². The van der Waals surface area contributed by atoms with E-state index >= 15 is 0 Å². The molecule has 19 heavy (non-hydrogen) atoms. The van der Waals surface area contributed by atoms with Gasteiger partial charge in [0.1, 0.15) is 0 Å². The first-order valence-electron chi connectivity index (χ1n) is 6.74. The van der Waals surface area contributed by atoms with Crippen molar-refractivity contribution in [1.82, 2.24) is 5.32 Å². The molecule has 1 aliphatic rings. The fourth-order valence-electron chi connectivity index (χ4n) is 2.57. The van der Waals surface area contributed by atoms with Crippen molar-refractivity contribution in [3.8, 4) is 0 Å². The van der Waals surface area contributed by atoms with Gasteiger partial charge in [-0.1, -0.05) is 13.3 Å². The van der Waals surface area contributed by atoms with Crippen LogP contribution < -0.4 is 5.32 Å². The van der Waals surface area contributed by atoms with Crippen molar-refractivity contribution in [2.24, 2.45) is 0 Å². The number of hydrogen-bond donors (Lipinski definition) is 1. The molecule has 0 amide bonds. The van der Waals surface area contributed by atoms with E-state index in [1.807, 2.05) is 11.4 Å². The summed E-state index contributed by atoms with van der Waals surface area (Å²) in [6.45, 7) is 2.95. The second-order valence-electron chi connectivity index (χ2n) is 4.97. The Labute approximate surface area is 127 Å². The van der Waals surface area contributed by atoms with E-state index in [0.29, 0.717) is 5.75 Å². The van der Waals surface area contributed by atoms with Crippen LogP contribution in [0.15, 0.2) is 15.9 Å². The number of rotatable bonds is 5. The van der Waals surface area contributed by atoms with Crippen molar-refractivity contribution in [2.45, 2.75) is 43.9 Å². The van der Waals surface area contributed by atoms with Gasteiger partial charge in [0, 0.05) is 9.35 Å². The van der Waals surface area contributed by atoms with Crippen molar-refractivity contribution in [3.05, 3.63) is 20.8 Å². The second-order valence-corrected chi connectivity index (χ2v) is 9.11. The van der Waals surface area contributed by atoms with Gasteiger partial charge in [0.15, 0.2) is 9.84 Å². The minimum atomic E-state index is -2.97. The second kappa shape index (κ2) is 6.70. The van der Waals surface area contributed by atoms with Gasteiger partial charge in [0.2, 0.25) is 0 Å². The maximum Gasteiger partial charge on any atom is 0.155 e. The van der Waals surface area contributed by atoms with Gasteiger partial charge in [0.25, 0.3) is 0 Å². The molecule has 0 aliphatic carbocycles. The Morgan fingerprint density at radius 3 is 2.89 bits per heavy atom. The molecule has 2 heterocycles. The van der Waals surface area contributed by atoms with Crippen LogP contribution in [0.1, 0.15) is 43.5 Å². The fourth-order valence-corrected chi connectivity index (χ4v) is 6.50. The van der Waals surface area contributed by atoms with Gasteiger partial charge in [-0.05, 0) is 53.2 Å². The van der Waals surface area contributed by atoms with E-state index in [2.05, 4.69) is 28.2 Å². The molecule has 0 aromatic carbocycles. The Morgan fingerprint density at radius 2 is 2.32 bits per heavy atom. The van der Waals surface area contributed by atoms with E-state index < -0.39 is 9.84 Å². The van der Waals surface area contributed by atoms with Gasteiger partial charge < -0.3 is 5.32 Å². The third-order valence-corrected chi connectivity index (χ3v) is 7.78. The Bertz CT molecular complexity index is 512. The minimum Gasteiger partial charge on any atom is -0.308 e. The normalized spacial score (nSPS) is 24.2. The quantitative estimate of drug-likeness (QED) is 0.867. The topological polar surface area (TPSA) is 46.2 Å². The lowest BCUT2D eigenvalue weighted by molar-refractivity contribution is 0.450. The number of nitrogens with one attached hydrogen (secondary N) is 1. The van der Waals surface area contributed by atoms with Crippen molar-refractivity contribution in [3.63, 3.8) is 0 Å². The molecule has 1 N–H and O–H groups in total. The summed E-state index contributed by atoms with van der Waals surface area (Å²) >= 11 is 5.17. The first-order chi connectivity index (χ1) is 9.06. The number of thiophene rings is 1. The Balaban J connectivity index is 2.29. The summed E-state index contributed by atoms with van der Waals surface area (Å²) in [6.07, 6.45) is 3.60. The molecule has 0 saturated carbocycles. The van der Waals surface area contributed by atoms with E-state index in [9.17, 15) is 8.42 Å². The van der Waals surface area contributed by atoms with Crippen LogP contribution in [0.5, 0.6) is 0 Å². The number of halogens is 1. The summed E-state index contributed by atoms with van der Waals surface area (Å²) in [5, 5.41) is 5.17. The SMILES string of the molecule is CCCNC(c1sccc1Br)C1CCCCS1(=O)=O. The van der Waals surface area contributed by atoms with Crippen LogP contribution >= 0.6 is 27.3 Å². The predicted octanol–water partition coefficient (Wildman–Crippen LogP) is 3.52. The van der Waals surface area contributed by atoms with E-state index in [0.717, 1.165) is 41.6 Å². The molecule has 0 bridgehead atoms. The van der Waals surface area contributed by atoms with Crippen LogP contribution in [0.2, 0.25) is 0 Å². The highest BCUT2D eigenvalue weighted by Crippen LogP contribution is 2.37. The van der Waals surface area contributed by atoms with Gasteiger partial charge in [0.05, 0.1) is 17.0 Å². The zero-order valence-electron chi connectivity index (χ0n) is 11.1. The highest BCUT2D eigenvalue weighted by atomic mass is 79.9. The first-order valence-corrected chi connectivity index (χ1v) is 10.1. The minimum absolute atomic E-state index is 0.0698. The molecule has 1 aromatic heterocycles. The van der Waals surface area contributed by atoms with Crippen LogP contribution in [-0.2, 0) is 9.84 Å². The molecule has 6 heteroatoms. The first kappa shape index (κ1) is 15.5. The summed E-state index contributed by atoms with van der Waals surface area (Å²) in [4.78, 5) is 1.11. The summed E-state index contributed by atoms with van der Waals surface area (Å²) in [7, 11) is -2.97. The Morgan fingerprint density at radius 1 is 1.53 bits per heavy atom. The third kappa shape index (κ3) is 3.60. The van der Waals surface area contributed by atoms with Gasteiger partial charge in [-0.3, -0.25) is 0 Å². The van der Waals surface area contributed by atoms with Crippen molar-refractivity contribution >= 4 is 37.1 Å². The largest absolute Gasteiger partial charge is 0.308 e. The molecule has 1 saturated heterocycles. The lowest BCUT2D eigenvalue weighted by Gasteiger charge is -2.30. The Hall–Kier alpha value is 0.0900. The molecule has 108 valence electrons. The zero-order chi connectivity index (χ0) is 13.9. The predicted molar refractivity (Wildman–Crippen MR) is 84.5 cm³/mol. The highest BCUT2D eigenvalue weighted by Gasteiger charge is 2.37. The highest BCUT2D eigenvalue weighted by molar-refractivity contribution is 9.10. The molecule has 1 fully saturated rings. The molecule has 2 unspecified atom stereocenters. The molecule has 2 atom stereocenters. The van der Waals surface area contributed by atoms with Crippen LogP contribution in [0.25, 0.3) is 0 Å². The summed E-state index contributed by atoms with van der Waals surface area (Å²) < 4.78 is 25.7.